The number of aromatic nitrogens is 2. The van der Waals surface area contributed by atoms with Crippen LogP contribution in [0.25, 0.3) is 5.52 Å². The number of ether oxygens (including phenoxy) is 1. The Labute approximate surface area is 125 Å². The van der Waals surface area contributed by atoms with Crippen LogP contribution in [0.15, 0.2) is 12.1 Å². The van der Waals surface area contributed by atoms with E-state index < -0.39 is 0 Å². The molecule has 0 aromatic carbocycles. The van der Waals surface area contributed by atoms with Gasteiger partial charge in [0.2, 0.25) is 0 Å². The summed E-state index contributed by atoms with van der Waals surface area (Å²) in [5, 5.41) is 4.51. The van der Waals surface area contributed by atoms with Crippen LogP contribution in [0.5, 0.6) is 5.88 Å². The molecule has 0 unspecified atom stereocenters. The Morgan fingerprint density at radius 1 is 1.19 bits per heavy atom. The van der Waals surface area contributed by atoms with E-state index in [4.69, 9.17) is 10.5 Å². The second-order valence-corrected chi connectivity index (χ2v) is 5.87. The number of hydrogen-bond donors (Lipinski definition) is 1. The van der Waals surface area contributed by atoms with E-state index in [1.165, 1.54) is 37.9 Å². The third-order valence-electron chi connectivity index (χ3n) is 4.40. The average Bonchev–Trinajstić information content (AvgIpc) is 2.82. The molecule has 3 rings (SSSR count). The van der Waals surface area contributed by atoms with Crippen LogP contribution in [0.2, 0.25) is 0 Å². The van der Waals surface area contributed by atoms with Crippen molar-refractivity contribution < 1.29 is 4.74 Å². The number of piperidine rings is 1. The second-order valence-electron chi connectivity index (χ2n) is 5.87. The van der Waals surface area contributed by atoms with Gasteiger partial charge in [-0.05, 0) is 51.4 Å². The van der Waals surface area contributed by atoms with Crippen molar-refractivity contribution in [2.75, 3.05) is 32.0 Å². The molecule has 114 valence electrons. The largest absolute Gasteiger partial charge is 0.474 e. The van der Waals surface area contributed by atoms with E-state index in [0.29, 0.717) is 18.2 Å². The Bertz CT molecular complexity index is 629. The molecule has 0 atom stereocenters. The van der Waals surface area contributed by atoms with E-state index in [2.05, 4.69) is 23.0 Å². The van der Waals surface area contributed by atoms with Gasteiger partial charge in [-0.1, -0.05) is 12.5 Å². The molecule has 0 radical (unpaired) electrons. The number of rotatable bonds is 4. The Morgan fingerprint density at radius 2 is 1.95 bits per heavy atom. The Morgan fingerprint density at radius 3 is 2.71 bits per heavy atom. The first kappa shape index (κ1) is 14.2. The minimum atomic E-state index is 0.556. The highest BCUT2D eigenvalue weighted by Gasteiger charge is 2.14. The summed E-state index contributed by atoms with van der Waals surface area (Å²) in [6.07, 6.45) is 3.96. The van der Waals surface area contributed by atoms with E-state index in [1.54, 1.807) is 0 Å². The lowest BCUT2D eigenvalue weighted by Crippen LogP contribution is -2.33. The summed E-state index contributed by atoms with van der Waals surface area (Å²) in [6.45, 7) is 8.08. The van der Waals surface area contributed by atoms with Crippen LogP contribution >= 0.6 is 0 Å². The van der Waals surface area contributed by atoms with Crippen molar-refractivity contribution in [3.8, 4) is 5.88 Å². The number of pyridine rings is 1. The number of anilines is 1. The maximum absolute atomic E-state index is 6.16. The minimum absolute atomic E-state index is 0.556. The number of nitrogens with zero attached hydrogens (tertiary/aromatic N) is 3. The molecule has 0 amide bonds. The van der Waals surface area contributed by atoms with Crippen molar-refractivity contribution in [1.29, 1.82) is 0 Å². The van der Waals surface area contributed by atoms with Crippen LogP contribution in [-0.4, -0.2) is 40.8 Å². The molecule has 2 N–H and O–H groups in total. The van der Waals surface area contributed by atoms with Crippen LogP contribution in [-0.2, 0) is 0 Å². The predicted octanol–water partition coefficient (Wildman–Crippen LogP) is 2.40. The molecule has 1 fully saturated rings. The molecule has 3 heterocycles. The lowest BCUT2D eigenvalue weighted by atomic mass is 10.1. The van der Waals surface area contributed by atoms with Crippen LogP contribution in [0, 0.1) is 13.8 Å². The number of nitrogens with two attached hydrogens (primary N) is 1. The van der Waals surface area contributed by atoms with E-state index >= 15 is 0 Å². The molecule has 1 saturated heterocycles. The first-order valence-corrected chi connectivity index (χ1v) is 7.76. The lowest BCUT2D eigenvalue weighted by Gasteiger charge is -2.25. The van der Waals surface area contributed by atoms with E-state index in [1.807, 2.05) is 17.5 Å². The molecule has 1 aliphatic rings. The van der Waals surface area contributed by atoms with Crippen molar-refractivity contribution in [2.45, 2.75) is 33.1 Å². The first-order chi connectivity index (χ1) is 10.2. The van der Waals surface area contributed by atoms with E-state index in [0.717, 1.165) is 17.8 Å². The van der Waals surface area contributed by atoms with Gasteiger partial charge in [0, 0.05) is 12.2 Å². The number of fused-ring (bicyclic) bond motifs is 1. The zero-order valence-corrected chi connectivity index (χ0v) is 12.9. The fourth-order valence-corrected chi connectivity index (χ4v) is 2.89. The van der Waals surface area contributed by atoms with Gasteiger partial charge in [-0.2, -0.15) is 0 Å². The Kier molecular flexibility index (Phi) is 4.01. The minimum Gasteiger partial charge on any atom is -0.474 e. The quantitative estimate of drug-likeness (QED) is 0.938. The van der Waals surface area contributed by atoms with Crippen LogP contribution < -0.4 is 10.5 Å². The first-order valence-electron chi connectivity index (χ1n) is 7.76. The van der Waals surface area contributed by atoms with Gasteiger partial charge < -0.3 is 10.5 Å². The normalized spacial score (nSPS) is 16.5. The van der Waals surface area contributed by atoms with Gasteiger partial charge in [0.25, 0.3) is 5.88 Å². The predicted molar refractivity (Wildman–Crippen MR) is 84.9 cm³/mol. The van der Waals surface area contributed by atoms with Crippen molar-refractivity contribution in [1.82, 2.24) is 14.5 Å². The molecule has 2 aromatic heterocycles. The zero-order chi connectivity index (χ0) is 14.8. The maximum atomic E-state index is 6.16. The van der Waals surface area contributed by atoms with Gasteiger partial charge in [0.15, 0.2) is 0 Å². The SMILES string of the molecule is Cc1ccc2c(N)c(OCCN3CCCCC3)nn2c1C. The van der Waals surface area contributed by atoms with Crippen LogP contribution in [0.1, 0.15) is 30.5 Å². The highest BCUT2D eigenvalue weighted by molar-refractivity contribution is 5.75. The van der Waals surface area contributed by atoms with Gasteiger partial charge in [-0.3, -0.25) is 4.90 Å². The summed E-state index contributed by atoms with van der Waals surface area (Å²) in [7, 11) is 0. The maximum Gasteiger partial charge on any atom is 0.257 e. The number of aryl methyl sites for hydroxylation is 2. The fourth-order valence-electron chi connectivity index (χ4n) is 2.89. The molecule has 2 aromatic rings. The highest BCUT2D eigenvalue weighted by atomic mass is 16.5. The van der Waals surface area contributed by atoms with Crippen molar-refractivity contribution in [3.05, 3.63) is 23.4 Å². The monoisotopic (exact) mass is 288 g/mol. The smallest absolute Gasteiger partial charge is 0.257 e. The Hall–Kier alpha value is -1.75. The standard InChI is InChI=1S/C16H24N4O/c1-12-6-7-14-15(17)16(18-20(14)13(12)2)21-11-10-19-8-4-3-5-9-19/h6-7H,3-5,8-11,17H2,1-2H3. The molecule has 5 nitrogen and oxygen atoms in total. The van der Waals surface area contributed by atoms with Crippen molar-refractivity contribution >= 4 is 11.2 Å². The third-order valence-corrected chi connectivity index (χ3v) is 4.40. The molecular weight excluding hydrogens is 264 g/mol. The van der Waals surface area contributed by atoms with E-state index in [-0.39, 0.29) is 0 Å². The average molecular weight is 288 g/mol. The molecule has 0 aliphatic carbocycles. The lowest BCUT2D eigenvalue weighted by molar-refractivity contribution is 0.180. The molecule has 0 spiro atoms. The summed E-state index contributed by atoms with van der Waals surface area (Å²) in [5.74, 6) is 0.556. The summed E-state index contributed by atoms with van der Waals surface area (Å²) in [5.41, 5.74) is 10.0. The molecule has 0 bridgehead atoms. The number of nitrogen functional groups attached to an aromatic ring is 1. The zero-order valence-electron chi connectivity index (χ0n) is 12.9. The van der Waals surface area contributed by atoms with Crippen molar-refractivity contribution in [2.24, 2.45) is 0 Å². The third kappa shape index (κ3) is 2.83. The van der Waals surface area contributed by atoms with Crippen molar-refractivity contribution in [3.63, 3.8) is 0 Å². The number of likely N-dealkylation sites (tertiary alicyclic amines) is 1. The van der Waals surface area contributed by atoms with Gasteiger partial charge in [-0.25, -0.2) is 4.52 Å². The molecule has 21 heavy (non-hydrogen) atoms. The molecule has 5 heteroatoms. The highest BCUT2D eigenvalue weighted by Crippen LogP contribution is 2.27. The van der Waals surface area contributed by atoms with Gasteiger partial charge in [0.1, 0.15) is 12.3 Å². The molecule has 0 saturated carbocycles. The summed E-state index contributed by atoms with van der Waals surface area (Å²) in [4.78, 5) is 2.45. The summed E-state index contributed by atoms with van der Waals surface area (Å²) in [6, 6.07) is 4.07. The van der Waals surface area contributed by atoms with Gasteiger partial charge in [-0.15, -0.1) is 5.10 Å². The topological polar surface area (TPSA) is 55.8 Å². The Balaban J connectivity index is 1.69. The molecule has 1 aliphatic heterocycles. The number of hydrogen-bond acceptors (Lipinski definition) is 4. The second kappa shape index (κ2) is 5.93. The summed E-state index contributed by atoms with van der Waals surface area (Å²) >= 11 is 0. The molecular formula is C16H24N4O. The van der Waals surface area contributed by atoms with Gasteiger partial charge >= 0.3 is 0 Å². The van der Waals surface area contributed by atoms with E-state index in [9.17, 15) is 0 Å². The summed E-state index contributed by atoms with van der Waals surface area (Å²) < 4.78 is 7.70. The van der Waals surface area contributed by atoms with Crippen LogP contribution in [0.3, 0.4) is 0 Å². The fraction of sp³-hybridized carbons (Fsp3) is 0.562. The van der Waals surface area contributed by atoms with Crippen LogP contribution in [0.4, 0.5) is 5.69 Å². The van der Waals surface area contributed by atoms with Gasteiger partial charge in [0.05, 0.1) is 5.52 Å².